The number of aromatic nitrogens is 3. The highest BCUT2D eigenvalue weighted by Crippen LogP contribution is 2.22. The zero-order valence-electron chi connectivity index (χ0n) is 14.7. The largest absolute Gasteiger partial charge is 0.488 e. The number of pyridine rings is 1. The van der Waals surface area contributed by atoms with Crippen molar-refractivity contribution in [1.29, 1.82) is 5.26 Å². The van der Waals surface area contributed by atoms with E-state index in [2.05, 4.69) is 31.1 Å². The predicted octanol–water partition coefficient (Wildman–Crippen LogP) is 0.214. The Balaban J connectivity index is 1.76. The summed E-state index contributed by atoms with van der Waals surface area (Å²) in [6.07, 6.45) is 1.33. The summed E-state index contributed by atoms with van der Waals surface area (Å²) < 4.78 is 11.4. The SMILES string of the molecule is CNC(=O)c1nnc(Nc2ccc(C#N)cn2)cc1OC[C@H]1CNCCO1. The highest BCUT2D eigenvalue weighted by atomic mass is 16.5. The van der Waals surface area contributed by atoms with Gasteiger partial charge in [0.05, 0.1) is 12.2 Å². The lowest BCUT2D eigenvalue weighted by atomic mass is 10.3. The maximum absolute atomic E-state index is 12.0. The Bertz CT molecular complexity index is 829. The quantitative estimate of drug-likeness (QED) is 0.653. The Labute approximate surface area is 155 Å². The number of hydrogen-bond donors (Lipinski definition) is 3. The van der Waals surface area contributed by atoms with Crippen LogP contribution in [0.15, 0.2) is 24.4 Å². The van der Waals surface area contributed by atoms with Gasteiger partial charge in [-0.1, -0.05) is 0 Å². The van der Waals surface area contributed by atoms with Gasteiger partial charge in [0.2, 0.25) is 0 Å². The van der Waals surface area contributed by atoms with Gasteiger partial charge in [0.15, 0.2) is 17.3 Å². The molecule has 2 aromatic heterocycles. The Morgan fingerprint density at radius 1 is 1.44 bits per heavy atom. The summed E-state index contributed by atoms with van der Waals surface area (Å²) >= 11 is 0. The zero-order chi connectivity index (χ0) is 19.1. The van der Waals surface area contributed by atoms with Crippen LogP contribution in [0.25, 0.3) is 0 Å². The second kappa shape index (κ2) is 8.88. The van der Waals surface area contributed by atoms with Crippen molar-refractivity contribution in [3.05, 3.63) is 35.7 Å². The number of carbonyl (C=O) groups is 1. The number of amides is 1. The van der Waals surface area contributed by atoms with Gasteiger partial charge < -0.3 is 25.4 Å². The first-order valence-corrected chi connectivity index (χ1v) is 8.37. The highest BCUT2D eigenvalue weighted by Gasteiger charge is 2.19. The number of nitrogens with one attached hydrogen (secondary N) is 3. The van der Waals surface area contributed by atoms with E-state index >= 15 is 0 Å². The third kappa shape index (κ3) is 4.87. The number of morpholine rings is 1. The van der Waals surface area contributed by atoms with E-state index < -0.39 is 5.91 Å². The van der Waals surface area contributed by atoms with Gasteiger partial charge in [-0.05, 0) is 12.1 Å². The minimum Gasteiger partial charge on any atom is -0.488 e. The van der Waals surface area contributed by atoms with Crippen LogP contribution < -0.4 is 20.7 Å². The van der Waals surface area contributed by atoms with Crippen LogP contribution >= 0.6 is 0 Å². The van der Waals surface area contributed by atoms with E-state index in [-0.39, 0.29) is 24.2 Å². The number of nitriles is 1. The minimum absolute atomic E-state index is 0.0830. The number of nitrogens with zero attached hydrogens (tertiary/aromatic N) is 4. The van der Waals surface area contributed by atoms with E-state index in [9.17, 15) is 4.79 Å². The summed E-state index contributed by atoms with van der Waals surface area (Å²) in [5.74, 6) is 0.734. The van der Waals surface area contributed by atoms with Crippen molar-refractivity contribution in [2.75, 3.05) is 38.7 Å². The summed E-state index contributed by atoms with van der Waals surface area (Å²) in [4.78, 5) is 16.1. The monoisotopic (exact) mass is 369 g/mol. The van der Waals surface area contributed by atoms with Gasteiger partial charge in [0.1, 0.15) is 24.6 Å². The van der Waals surface area contributed by atoms with Gasteiger partial charge in [-0.2, -0.15) is 5.26 Å². The molecule has 2 aromatic rings. The van der Waals surface area contributed by atoms with E-state index in [1.54, 1.807) is 18.2 Å². The summed E-state index contributed by atoms with van der Waals surface area (Å²) in [5, 5.41) is 25.5. The number of rotatable bonds is 6. The molecule has 3 rings (SSSR count). The molecule has 0 unspecified atom stereocenters. The number of anilines is 2. The second-order valence-electron chi connectivity index (χ2n) is 5.70. The molecule has 1 saturated heterocycles. The molecule has 0 spiro atoms. The lowest BCUT2D eigenvalue weighted by Crippen LogP contribution is -2.41. The van der Waals surface area contributed by atoms with Crippen LogP contribution in [-0.4, -0.2) is 60.5 Å². The summed E-state index contributed by atoms with van der Waals surface area (Å²) in [6.45, 7) is 2.37. The first-order valence-electron chi connectivity index (χ1n) is 8.37. The van der Waals surface area contributed by atoms with Crippen molar-refractivity contribution in [1.82, 2.24) is 25.8 Å². The maximum Gasteiger partial charge on any atom is 0.275 e. The third-order valence-electron chi connectivity index (χ3n) is 3.78. The van der Waals surface area contributed by atoms with Crippen LogP contribution in [0.4, 0.5) is 11.6 Å². The minimum atomic E-state index is -0.400. The van der Waals surface area contributed by atoms with Gasteiger partial charge in [0.25, 0.3) is 5.91 Å². The number of ether oxygens (including phenoxy) is 2. The normalized spacial score (nSPS) is 16.2. The summed E-state index contributed by atoms with van der Waals surface area (Å²) in [5.41, 5.74) is 0.534. The molecule has 27 heavy (non-hydrogen) atoms. The molecule has 3 heterocycles. The van der Waals surface area contributed by atoms with E-state index in [1.807, 2.05) is 6.07 Å². The molecule has 0 saturated carbocycles. The highest BCUT2D eigenvalue weighted by molar-refractivity contribution is 5.94. The first-order chi connectivity index (χ1) is 13.2. The average Bonchev–Trinajstić information content (AvgIpc) is 2.73. The molecule has 10 nitrogen and oxygen atoms in total. The van der Waals surface area contributed by atoms with E-state index in [0.29, 0.717) is 30.4 Å². The zero-order valence-corrected chi connectivity index (χ0v) is 14.7. The standard InChI is InChI=1S/C17H19N7O3/c1-19-17(25)16-13(27-10-12-9-20-4-5-26-12)6-15(23-24-16)22-14-3-2-11(7-18)8-21-14/h2-3,6,8,12,20H,4-5,9-10H2,1H3,(H,19,25)(H,21,22,23)/t12-/m1/s1. The fraction of sp³-hybridized carbons (Fsp3) is 0.353. The molecule has 0 aliphatic carbocycles. The lowest BCUT2D eigenvalue weighted by molar-refractivity contribution is -0.0000825. The van der Waals surface area contributed by atoms with Crippen LogP contribution in [0, 0.1) is 11.3 Å². The number of carbonyl (C=O) groups excluding carboxylic acids is 1. The Kier molecular flexibility index (Phi) is 6.09. The van der Waals surface area contributed by atoms with E-state index in [4.69, 9.17) is 14.7 Å². The Hall–Kier alpha value is -3.29. The summed E-state index contributed by atoms with van der Waals surface area (Å²) in [6, 6.07) is 6.86. The van der Waals surface area contributed by atoms with Crippen molar-refractivity contribution < 1.29 is 14.3 Å². The molecule has 0 radical (unpaired) electrons. The molecule has 0 aromatic carbocycles. The molecule has 10 heteroatoms. The molecule has 1 amide bonds. The van der Waals surface area contributed by atoms with Crippen molar-refractivity contribution in [3.63, 3.8) is 0 Å². The van der Waals surface area contributed by atoms with Gasteiger partial charge in [-0.3, -0.25) is 4.79 Å². The molecule has 0 bridgehead atoms. The molecule has 1 aliphatic heterocycles. The molecular formula is C17H19N7O3. The molecule has 1 atom stereocenters. The molecule has 1 aliphatic rings. The fourth-order valence-electron chi connectivity index (χ4n) is 2.40. The average molecular weight is 369 g/mol. The smallest absolute Gasteiger partial charge is 0.275 e. The third-order valence-corrected chi connectivity index (χ3v) is 3.78. The molecule has 140 valence electrons. The van der Waals surface area contributed by atoms with Crippen LogP contribution in [0.3, 0.4) is 0 Å². The molecule has 3 N–H and O–H groups in total. The van der Waals surface area contributed by atoms with Gasteiger partial charge in [0, 0.05) is 32.4 Å². The van der Waals surface area contributed by atoms with Gasteiger partial charge in [-0.15, -0.1) is 10.2 Å². The number of hydrogen-bond acceptors (Lipinski definition) is 9. The van der Waals surface area contributed by atoms with Crippen LogP contribution in [-0.2, 0) is 4.74 Å². The van der Waals surface area contributed by atoms with Crippen LogP contribution in [0.1, 0.15) is 16.1 Å². The fourth-order valence-corrected chi connectivity index (χ4v) is 2.40. The van der Waals surface area contributed by atoms with Crippen molar-refractivity contribution >= 4 is 17.5 Å². The lowest BCUT2D eigenvalue weighted by Gasteiger charge is -2.23. The van der Waals surface area contributed by atoms with Gasteiger partial charge in [-0.25, -0.2) is 4.98 Å². The maximum atomic E-state index is 12.0. The van der Waals surface area contributed by atoms with E-state index in [1.165, 1.54) is 13.2 Å². The van der Waals surface area contributed by atoms with Crippen LogP contribution in [0.5, 0.6) is 5.75 Å². The van der Waals surface area contributed by atoms with Crippen LogP contribution in [0.2, 0.25) is 0 Å². The summed E-state index contributed by atoms with van der Waals surface area (Å²) in [7, 11) is 1.51. The van der Waals surface area contributed by atoms with Crippen molar-refractivity contribution in [2.45, 2.75) is 6.10 Å². The topological polar surface area (TPSA) is 134 Å². The predicted molar refractivity (Wildman–Crippen MR) is 95.8 cm³/mol. The first kappa shape index (κ1) is 18.5. The second-order valence-corrected chi connectivity index (χ2v) is 5.70. The Morgan fingerprint density at radius 2 is 2.33 bits per heavy atom. The molecule has 1 fully saturated rings. The Morgan fingerprint density at radius 3 is 3.00 bits per heavy atom. The van der Waals surface area contributed by atoms with Crippen molar-refractivity contribution in [3.8, 4) is 11.8 Å². The van der Waals surface area contributed by atoms with Gasteiger partial charge >= 0.3 is 0 Å². The van der Waals surface area contributed by atoms with E-state index in [0.717, 1.165) is 6.54 Å². The van der Waals surface area contributed by atoms with Crippen molar-refractivity contribution in [2.24, 2.45) is 0 Å². The molecular weight excluding hydrogens is 350 g/mol.